The number of benzene rings is 2. The van der Waals surface area contributed by atoms with E-state index in [1.807, 2.05) is 36.5 Å². The van der Waals surface area contributed by atoms with E-state index in [0.717, 1.165) is 36.1 Å². The van der Waals surface area contributed by atoms with E-state index in [0.29, 0.717) is 0 Å². The summed E-state index contributed by atoms with van der Waals surface area (Å²) in [6.45, 7) is 1.85. The van der Waals surface area contributed by atoms with Gasteiger partial charge >= 0.3 is 0 Å². The molecule has 0 aliphatic heterocycles. The van der Waals surface area contributed by atoms with Crippen molar-refractivity contribution in [3.8, 4) is 0 Å². The third-order valence-corrected chi connectivity index (χ3v) is 3.41. The summed E-state index contributed by atoms with van der Waals surface area (Å²) in [5.41, 5.74) is 2.23. The van der Waals surface area contributed by atoms with Crippen LogP contribution in [0.4, 0.5) is 10.1 Å². The van der Waals surface area contributed by atoms with Crippen LogP contribution >= 0.6 is 0 Å². The maximum absolute atomic E-state index is 13.1. The minimum Gasteiger partial charge on any atom is -0.385 e. The molecule has 3 heteroatoms. The van der Waals surface area contributed by atoms with Gasteiger partial charge < -0.3 is 9.88 Å². The van der Waals surface area contributed by atoms with E-state index in [1.165, 1.54) is 6.07 Å². The molecule has 1 heterocycles. The Labute approximate surface area is 117 Å². The molecule has 0 amide bonds. The van der Waals surface area contributed by atoms with Crippen LogP contribution in [0.5, 0.6) is 0 Å². The predicted octanol–water partition coefficient (Wildman–Crippen LogP) is 4.28. The Balaban J connectivity index is 1.58. The first-order valence-electron chi connectivity index (χ1n) is 6.86. The molecule has 0 fully saturated rings. The first-order valence-corrected chi connectivity index (χ1v) is 6.86. The summed E-state index contributed by atoms with van der Waals surface area (Å²) in [7, 11) is 0. The Kier molecular flexibility index (Phi) is 3.68. The smallest absolute Gasteiger partial charge is 0.123 e. The number of halogens is 1. The van der Waals surface area contributed by atoms with Crippen LogP contribution in [-0.4, -0.2) is 11.1 Å². The molecule has 0 atom stereocenters. The molecule has 0 saturated carbocycles. The number of hydrogen-bond acceptors (Lipinski definition) is 1. The molecule has 1 aromatic heterocycles. The van der Waals surface area contributed by atoms with Crippen molar-refractivity contribution in [1.29, 1.82) is 0 Å². The maximum atomic E-state index is 13.1. The van der Waals surface area contributed by atoms with Gasteiger partial charge in [-0.25, -0.2) is 4.39 Å². The zero-order valence-electron chi connectivity index (χ0n) is 11.2. The minimum absolute atomic E-state index is 0.180. The lowest BCUT2D eigenvalue weighted by Gasteiger charge is -2.08. The number of aryl methyl sites for hydroxylation is 1. The first-order chi connectivity index (χ1) is 9.83. The van der Waals surface area contributed by atoms with Crippen molar-refractivity contribution < 1.29 is 4.39 Å². The third kappa shape index (κ3) is 2.82. The SMILES string of the molecule is Fc1ccc2c(ccn2CCCNc2ccccc2)c1. The molecule has 0 spiro atoms. The van der Waals surface area contributed by atoms with Crippen LogP contribution in [0.2, 0.25) is 0 Å². The molecule has 3 aromatic rings. The molecular weight excluding hydrogens is 251 g/mol. The highest BCUT2D eigenvalue weighted by molar-refractivity contribution is 5.80. The molecule has 0 aliphatic rings. The van der Waals surface area contributed by atoms with Gasteiger partial charge in [0.05, 0.1) is 0 Å². The molecule has 20 heavy (non-hydrogen) atoms. The lowest BCUT2D eigenvalue weighted by Crippen LogP contribution is -2.05. The highest BCUT2D eigenvalue weighted by Gasteiger charge is 2.01. The van der Waals surface area contributed by atoms with Crippen molar-refractivity contribution in [3.63, 3.8) is 0 Å². The molecule has 2 aromatic carbocycles. The topological polar surface area (TPSA) is 17.0 Å². The number of nitrogens with zero attached hydrogens (tertiary/aromatic N) is 1. The number of aromatic nitrogens is 1. The second-order valence-electron chi connectivity index (χ2n) is 4.86. The van der Waals surface area contributed by atoms with Crippen molar-refractivity contribution in [3.05, 3.63) is 66.6 Å². The summed E-state index contributed by atoms with van der Waals surface area (Å²) >= 11 is 0. The fourth-order valence-electron chi connectivity index (χ4n) is 2.40. The van der Waals surface area contributed by atoms with E-state index < -0.39 is 0 Å². The number of anilines is 1. The number of nitrogens with one attached hydrogen (secondary N) is 1. The van der Waals surface area contributed by atoms with Gasteiger partial charge in [0.2, 0.25) is 0 Å². The van der Waals surface area contributed by atoms with Crippen LogP contribution in [-0.2, 0) is 6.54 Å². The Morgan fingerprint density at radius 3 is 2.70 bits per heavy atom. The summed E-state index contributed by atoms with van der Waals surface area (Å²) in [4.78, 5) is 0. The van der Waals surface area contributed by atoms with Gasteiger partial charge in [-0.05, 0) is 42.8 Å². The molecule has 0 saturated heterocycles. The number of rotatable bonds is 5. The maximum Gasteiger partial charge on any atom is 0.123 e. The fourth-order valence-corrected chi connectivity index (χ4v) is 2.40. The van der Waals surface area contributed by atoms with Gasteiger partial charge in [0.1, 0.15) is 5.82 Å². The molecule has 102 valence electrons. The fraction of sp³-hybridized carbons (Fsp3) is 0.176. The molecule has 0 aliphatic carbocycles. The molecule has 0 bridgehead atoms. The molecule has 3 rings (SSSR count). The normalized spacial score (nSPS) is 10.8. The second kappa shape index (κ2) is 5.78. The molecule has 2 nitrogen and oxygen atoms in total. The van der Waals surface area contributed by atoms with Crippen molar-refractivity contribution in [2.75, 3.05) is 11.9 Å². The Morgan fingerprint density at radius 1 is 1.00 bits per heavy atom. The van der Waals surface area contributed by atoms with Crippen molar-refractivity contribution in [1.82, 2.24) is 4.57 Å². The molecular formula is C17H17FN2. The summed E-state index contributed by atoms with van der Waals surface area (Å²) < 4.78 is 15.3. The van der Waals surface area contributed by atoms with Gasteiger partial charge in [-0.3, -0.25) is 0 Å². The minimum atomic E-state index is -0.180. The van der Waals surface area contributed by atoms with Crippen LogP contribution in [0, 0.1) is 5.82 Å². The van der Waals surface area contributed by atoms with Crippen LogP contribution < -0.4 is 5.32 Å². The van der Waals surface area contributed by atoms with Gasteiger partial charge in [-0.2, -0.15) is 0 Å². The summed E-state index contributed by atoms with van der Waals surface area (Å²) in [5.74, 6) is -0.180. The standard InChI is InChI=1S/C17H17FN2/c18-15-7-8-17-14(13-15)9-12-20(17)11-4-10-19-16-5-2-1-3-6-16/h1-3,5-9,12-13,19H,4,10-11H2. The predicted molar refractivity (Wildman–Crippen MR) is 81.4 cm³/mol. The highest BCUT2D eigenvalue weighted by Crippen LogP contribution is 2.17. The highest BCUT2D eigenvalue weighted by atomic mass is 19.1. The van der Waals surface area contributed by atoms with Crippen molar-refractivity contribution >= 4 is 16.6 Å². The first kappa shape index (κ1) is 12.7. The zero-order chi connectivity index (χ0) is 13.8. The Hall–Kier alpha value is -2.29. The van der Waals surface area contributed by atoms with Crippen molar-refractivity contribution in [2.24, 2.45) is 0 Å². The van der Waals surface area contributed by atoms with Crippen LogP contribution in [0.15, 0.2) is 60.8 Å². The third-order valence-electron chi connectivity index (χ3n) is 3.41. The summed E-state index contributed by atoms with van der Waals surface area (Å²) in [5, 5.41) is 4.35. The van der Waals surface area contributed by atoms with E-state index in [2.05, 4.69) is 22.0 Å². The Morgan fingerprint density at radius 2 is 1.85 bits per heavy atom. The summed E-state index contributed by atoms with van der Waals surface area (Å²) in [6.07, 6.45) is 3.04. The number of hydrogen-bond donors (Lipinski definition) is 1. The lowest BCUT2D eigenvalue weighted by atomic mass is 10.2. The van der Waals surface area contributed by atoms with E-state index in [9.17, 15) is 4.39 Å². The average molecular weight is 268 g/mol. The lowest BCUT2D eigenvalue weighted by molar-refractivity contribution is 0.629. The summed E-state index contributed by atoms with van der Waals surface area (Å²) in [6, 6.07) is 17.1. The van der Waals surface area contributed by atoms with Crippen LogP contribution in [0.3, 0.4) is 0 Å². The zero-order valence-corrected chi connectivity index (χ0v) is 11.2. The monoisotopic (exact) mass is 268 g/mol. The van der Waals surface area contributed by atoms with Gasteiger partial charge in [0.15, 0.2) is 0 Å². The second-order valence-corrected chi connectivity index (χ2v) is 4.86. The van der Waals surface area contributed by atoms with E-state index in [4.69, 9.17) is 0 Å². The van der Waals surface area contributed by atoms with Gasteiger partial charge in [-0.15, -0.1) is 0 Å². The largest absolute Gasteiger partial charge is 0.385 e. The quantitative estimate of drug-likeness (QED) is 0.683. The average Bonchev–Trinajstić information content (AvgIpc) is 2.87. The van der Waals surface area contributed by atoms with Crippen LogP contribution in [0.1, 0.15) is 6.42 Å². The van der Waals surface area contributed by atoms with Crippen LogP contribution in [0.25, 0.3) is 10.9 Å². The molecule has 1 N–H and O–H groups in total. The van der Waals surface area contributed by atoms with Gasteiger partial charge in [-0.1, -0.05) is 18.2 Å². The molecule has 0 unspecified atom stereocenters. The van der Waals surface area contributed by atoms with E-state index >= 15 is 0 Å². The van der Waals surface area contributed by atoms with E-state index in [-0.39, 0.29) is 5.82 Å². The van der Waals surface area contributed by atoms with Gasteiger partial charge in [0, 0.05) is 35.9 Å². The molecule has 0 radical (unpaired) electrons. The van der Waals surface area contributed by atoms with E-state index in [1.54, 1.807) is 6.07 Å². The van der Waals surface area contributed by atoms with Gasteiger partial charge in [0.25, 0.3) is 0 Å². The number of para-hydroxylation sites is 1. The van der Waals surface area contributed by atoms with Crippen molar-refractivity contribution in [2.45, 2.75) is 13.0 Å². The number of fused-ring (bicyclic) bond motifs is 1. The Bertz CT molecular complexity index is 689.